The van der Waals surface area contributed by atoms with Crippen molar-refractivity contribution in [3.8, 4) is 11.4 Å². The van der Waals surface area contributed by atoms with Gasteiger partial charge in [-0.05, 0) is 73.1 Å². The maximum Gasteiger partial charge on any atom is 0.330 e. The number of hydrogen-bond donors (Lipinski definition) is 2. The van der Waals surface area contributed by atoms with E-state index in [1.54, 1.807) is 54.7 Å². The van der Waals surface area contributed by atoms with Crippen LogP contribution in [0, 0.1) is 0 Å². The summed E-state index contributed by atoms with van der Waals surface area (Å²) in [5.41, 5.74) is 4.28. The van der Waals surface area contributed by atoms with Crippen LogP contribution in [0.25, 0.3) is 28.4 Å². The molecule has 0 saturated heterocycles. The summed E-state index contributed by atoms with van der Waals surface area (Å²) >= 11 is 0. The van der Waals surface area contributed by atoms with Crippen LogP contribution in [0.3, 0.4) is 0 Å². The molecule has 11 heteroatoms. The van der Waals surface area contributed by atoms with Crippen LogP contribution in [-0.4, -0.2) is 57.9 Å². The number of anilines is 2. The van der Waals surface area contributed by atoms with Crippen molar-refractivity contribution in [3.05, 3.63) is 77.6 Å². The lowest BCUT2D eigenvalue weighted by molar-refractivity contribution is -0.134. The maximum absolute atomic E-state index is 14.0. The molecule has 2 aromatic heterocycles. The second-order valence-corrected chi connectivity index (χ2v) is 13.3. The molecule has 0 bridgehead atoms. The van der Waals surface area contributed by atoms with E-state index in [1.807, 2.05) is 22.8 Å². The second-order valence-electron chi connectivity index (χ2n) is 13.3. The predicted octanol–water partition coefficient (Wildman–Crippen LogP) is 5.99. The molecule has 0 spiro atoms. The van der Waals surface area contributed by atoms with E-state index in [0.29, 0.717) is 41.5 Å². The summed E-state index contributed by atoms with van der Waals surface area (Å²) < 4.78 is 6.65. The van der Waals surface area contributed by atoms with Crippen molar-refractivity contribution in [2.24, 2.45) is 0 Å². The number of carbonyl (C=O) groups excluding carboxylic acids is 4. The molecule has 2 fully saturated rings. The van der Waals surface area contributed by atoms with Gasteiger partial charge in [0.05, 0.1) is 18.3 Å². The zero-order valence-electron chi connectivity index (χ0n) is 27.8. The molecule has 2 aromatic carbocycles. The number of nitrogens with one attached hydrogen (secondary N) is 2. The summed E-state index contributed by atoms with van der Waals surface area (Å²) in [6.07, 6.45) is 14.5. The van der Waals surface area contributed by atoms with E-state index in [9.17, 15) is 19.2 Å². The van der Waals surface area contributed by atoms with E-state index < -0.39 is 11.5 Å². The highest BCUT2D eigenvalue weighted by Crippen LogP contribution is 2.46. The third-order valence-corrected chi connectivity index (χ3v) is 10.3. The van der Waals surface area contributed by atoms with Crippen molar-refractivity contribution >= 4 is 52.2 Å². The van der Waals surface area contributed by atoms with Gasteiger partial charge in [-0.3, -0.25) is 19.3 Å². The smallest absolute Gasteiger partial charge is 0.330 e. The number of fused-ring (bicyclic) bond motifs is 5. The van der Waals surface area contributed by atoms with Crippen LogP contribution < -0.4 is 15.5 Å². The number of methoxy groups -OCH3 is 1. The summed E-state index contributed by atoms with van der Waals surface area (Å²) in [7, 11) is 3.05. The molecule has 4 aromatic rings. The number of carbonyl (C=O) groups is 4. The zero-order valence-corrected chi connectivity index (χ0v) is 27.8. The lowest BCUT2D eigenvalue weighted by atomic mass is 9.82. The summed E-state index contributed by atoms with van der Waals surface area (Å²) in [6.45, 7) is 0.0990. The normalized spacial score (nSPS) is 17.4. The molecular weight excluding hydrogens is 620 g/mol. The Labute approximate surface area is 284 Å². The number of ether oxygens (including phenoxy) is 1. The fraction of sp³-hybridized carbons (Fsp3) is 0.368. The molecule has 11 nitrogen and oxygen atoms in total. The Morgan fingerprint density at radius 3 is 2.43 bits per heavy atom. The van der Waals surface area contributed by atoms with Gasteiger partial charge in [0.25, 0.3) is 5.91 Å². The number of rotatable bonds is 7. The number of aromatic nitrogens is 3. The van der Waals surface area contributed by atoms with Crippen LogP contribution in [0.15, 0.2) is 60.9 Å². The van der Waals surface area contributed by atoms with Gasteiger partial charge in [0.2, 0.25) is 11.8 Å². The van der Waals surface area contributed by atoms with Gasteiger partial charge in [-0.1, -0.05) is 50.3 Å². The van der Waals surface area contributed by atoms with E-state index in [-0.39, 0.29) is 24.3 Å². The number of nitrogens with zero attached hydrogens (tertiary/aromatic N) is 4. The average molecular weight is 661 g/mol. The van der Waals surface area contributed by atoms with Gasteiger partial charge >= 0.3 is 5.97 Å². The van der Waals surface area contributed by atoms with Gasteiger partial charge in [0.15, 0.2) is 5.82 Å². The SMILES string of the molecule is COC(=O)C=Cc1ccc(NC(=O)C2(NC(=O)c3ccc4c(C5CCCCC5)c5n(c4c3)CC(=O)N(C)c3nccnc3-5)CCCC2)cc1. The van der Waals surface area contributed by atoms with Crippen LogP contribution >= 0.6 is 0 Å². The molecule has 0 unspecified atom stereocenters. The van der Waals surface area contributed by atoms with Gasteiger partial charge in [0, 0.05) is 42.2 Å². The first-order chi connectivity index (χ1) is 23.8. The molecule has 2 N–H and O–H groups in total. The van der Waals surface area contributed by atoms with Gasteiger partial charge in [0.1, 0.15) is 17.8 Å². The van der Waals surface area contributed by atoms with Crippen LogP contribution in [0.4, 0.5) is 11.5 Å². The minimum absolute atomic E-state index is 0.0990. The summed E-state index contributed by atoms with van der Waals surface area (Å²) in [5.74, 6) is -0.328. The molecule has 252 valence electrons. The largest absolute Gasteiger partial charge is 0.466 e. The van der Waals surface area contributed by atoms with E-state index in [2.05, 4.69) is 20.4 Å². The highest BCUT2D eigenvalue weighted by Gasteiger charge is 2.43. The first-order valence-electron chi connectivity index (χ1n) is 17.0. The molecule has 1 aliphatic heterocycles. The Hall–Kier alpha value is -5.32. The minimum atomic E-state index is -1.06. The quantitative estimate of drug-likeness (QED) is 0.184. The molecule has 3 heterocycles. The Balaban J connectivity index is 1.21. The first-order valence-corrected chi connectivity index (χ1v) is 17.0. The van der Waals surface area contributed by atoms with Gasteiger partial charge in [-0.2, -0.15) is 0 Å². The van der Waals surface area contributed by atoms with Crippen LogP contribution in [0.2, 0.25) is 0 Å². The number of likely N-dealkylation sites (N-methyl/N-ethyl adjacent to an activating group) is 1. The average Bonchev–Trinajstić information content (AvgIpc) is 3.71. The van der Waals surface area contributed by atoms with Crippen molar-refractivity contribution in [1.82, 2.24) is 19.9 Å². The molecule has 49 heavy (non-hydrogen) atoms. The molecule has 3 aliphatic rings. The number of esters is 1. The van der Waals surface area contributed by atoms with E-state index in [4.69, 9.17) is 4.98 Å². The highest BCUT2D eigenvalue weighted by atomic mass is 16.5. The lowest BCUT2D eigenvalue weighted by Gasteiger charge is -2.29. The number of benzene rings is 2. The molecule has 7 rings (SSSR count). The Bertz CT molecular complexity index is 1970. The standard InChI is InChI=1S/C38H40N6O5/c1-43-30(45)23-44-29-22-26(13-16-28(29)32(25-8-4-3-5-9-25)34(44)33-35(43)40-21-20-39-33)36(47)42-38(18-6-7-19-38)37(48)41-27-14-10-24(11-15-27)12-17-31(46)49-2/h10-17,20-22,25H,3-9,18-19,23H2,1-2H3,(H,41,48)(H,42,47). The Morgan fingerprint density at radius 1 is 0.959 bits per heavy atom. The van der Waals surface area contributed by atoms with Gasteiger partial charge < -0.3 is 19.9 Å². The van der Waals surface area contributed by atoms with Gasteiger partial charge in [-0.15, -0.1) is 0 Å². The summed E-state index contributed by atoms with van der Waals surface area (Å²) in [4.78, 5) is 63.6. The fourth-order valence-corrected chi connectivity index (χ4v) is 7.68. The predicted molar refractivity (Wildman–Crippen MR) is 187 cm³/mol. The maximum atomic E-state index is 14.0. The summed E-state index contributed by atoms with van der Waals surface area (Å²) in [5, 5.41) is 7.13. The first kappa shape index (κ1) is 32.2. The van der Waals surface area contributed by atoms with Gasteiger partial charge in [-0.25, -0.2) is 14.8 Å². The molecule has 2 saturated carbocycles. The number of hydrogen-bond acceptors (Lipinski definition) is 7. The third kappa shape index (κ3) is 6.09. The monoisotopic (exact) mass is 660 g/mol. The molecule has 0 atom stereocenters. The van der Waals surface area contributed by atoms with Crippen molar-refractivity contribution < 1.29 is 23.9 Å². The molecule has 0 radical (unpaired) electrons. The number of amides is 3. The third-order valence-electron chi connectivity index (χ3n) is 10.3. The van der Waals surface area contributed by atoms with E-state index in [1.165, 1.54) is 25.2 Å². The fourth-order valence-electron chi connectivity index (χ4n) is 7.68. The molecule has 2 aliphatic carbocycles. The Kier molecular flexibility index (Phi) is 8.75. The lowest BCUT2D eigenvalue weighted by Crippen LogP contribution is -2.55. The van der Waals surface area contributed by atoms with Crippen molar-refractivity contribution in [2.75, 3.05) is 24.4 Å². The van der Waals surface area contributed by atoms with Crippen molar-refractivity contribution in [3.63, 3.8) is 0 Å². The minimum Gasteiger partial charge on any atom is -0.466 e. The highest BCUT2D eigenvalue weighted by molar-refractivity contribution is 6.07. The Morgan fingerprint density at radius 2 is 1.69 bits per heavy atom. The molecule has 3 amide bonds. The second kappa shape index (κ2) is 13.3. The molecular formula is C38H40N6O5. The topological polar surface area (TPSA) is 136 Å². The zero-order chi connectivity index (χ0) is 34.1. The van der Waals surface area contributed by atoms with Crippen LogP contribution in [0.1, 0.15) is 85.2 Å². The van der Waals surface area contributed by atoms with Crippen LogP contribution in [-0.2, 0) is 25.7 Å². The van der Waals surface area contributed by atoms with E-state index in [0.717, 1.165) is 60.7 Å². The van der Waals surface area contributed by atoms with Crippen molar-refractivity contribution in [2.45, 2.75) is 75.8 Å². The van der Waals surface area contributed by atoms with Crippen LogP contribution in [0.5, 0.6) is 0 Å². The van der Waals surface area contributed by atoms with Crippen molar-refractivity contribution in [1.29, 1.82) is 0 Å². The van der Waals surface area contributed by atoms with E-state index >= 15 is 0 Å². The summed E-state index contributed by atoms with van der Waals surface area (Å²) in [6, 6.07) is 12.8.